The SMILES string of the molecule is COc1ccccc1COc1ncc(F)c(NCc2ccccc2F)n1. The van der Waals surface area contributed by atoms with Gasteiger partial charge in [-0.3, -0.25) is 0 Å². The molecule has 0 fully saturated rings. The quantitative estimate of drug-likeness (QED) is 0.694. The van der Waals surface area contributed by atoms with Crippen LogP contribution >= 0.6 is 0 Å². The summed E-state index contributed by atoms with van der Waals surface area (Å²) in [5.74, 6) is -0.404. The van der Waals surface area contributed by atoms with Gasteiger partial charge in [0.1, 0.15) is 18.2 Å². The normalized spacial score (nSPS) is 10.4. The molecule has 7 heteroatoms. The van der Waals surface area contributed by atoms with Crippen molar-refractivity contribution in [3.8, 4) is 11.8 Å². The van der Waals surface area contributed by atoms with Crippen LogP contribution < -0.4 is 14.8 Å². The molecule has 0 spiro atoms. The Labute approximate surface area is 149 Å². The minimum Gasteiger partial charge on any atom is -0.496 e. The van der Waals surface area contributed by atoms with Crippen molar-refractivity contribution in [1.82, 2.24) is 9.97 Å². The minimum absolute atomic E-state index is 0.00772. The van der Waals surface area contributed by atoms with Gasteiger partial charge in [-0.2, -0.15) is 4.98 Å². The maximum Gasteiger partial charge on any atom is 0.318 e. The number of aromatic nitrogens is 2. The number of ether oxygens (including phenoxy) is 2. The van der Waals surface area contributed by atoms with Crippen molar-refractivity contribution in [2.24, 2.45) is 0 Å². The maximum absolute atomic E-state index is 13.9. The monoisotopic (exact) mass is 357 g/mol. The molecule has 1 heterocycles. The molecule has 0 amide bonds. The molecule has 3 rings (SSSR count). The predicted octanol–water partition coefficient (Wildman–Crippen LogP) is 3.95. The molecule has 1 N–H and O–H groups in total. The Bertz CT molecular complexity index is 890. The predicted molar refractivity (Wildman–Crippen MR) is 93.0 cm³/mol. The smallest absolute Gasteiger partial charge is 0.318 e. The Kier molecular flexibility index (Phi) is 5.58. The Balaban J connectivity index is 1.68. The number of hydrogen-bond acceptors (Lipinski definition) is 5. The summed E-state index contributed by atoms with van der Waals surface area (Å²) in [5, 5.41) is 2.76. The van der Waals surface area contributed by atoms with Gasteiger partial charge in [-0.15, -0.1) is 0 Å². The average Bonchev–Trinajstić information content (AvgIpc) is 2.67. The number of methoxy groups -OCH3 is 1. The lowest BCUT2D eigenvalue weighted by atomic mass is 10.2. The topological polar surface area (TPSA) is 56.3 Å². The molecular weight excluding hydrogens is 340 g/mol. The van der Waals surface area contributed by atoms with Crippen molar-refractivity contribution in [2.45, 2.75) is 13.2 Å². The van der Waals surface area contributed by atoms with Crippen LogP contribution in [0.15, 0.2) is 54.7 Å². The first-order valence-electron chi connectivity index (χ1n) is 7.92. The van der Waals surface area contributed by atoms with Crippen molar-refractivity contribution in [1.29, 1.82) is 0 Å². The average molecular weight is 357 g/mol. The molecule has 0 atom stereocenters. The molecule has 2 aromatic carbocycles. The molecule has 0 saturated heterocycles. The number of hydrogen-bond donors (Lipinski definition) is 1. The lowest BCUT2D eigenvalue weighted by Crippen LogP contribution is -2.08. The summed E-state index contributed by atoms with van der Waals surface area (Å²) in [5.41, 5.74) is 1.21. The number of anilines is 1. The van der Waals surface area contributed by atoms with Crippen LogP contribution in [0.4, 0.5) is 14.6 Å². The highest BCUT2D eigenvalue weighted by Crippen LogP contribution is 2.20. The summed E-state index contributed by atoms with van der Waals surface area (Å²) in [6.07, 6.45) is 1.01. The Hall–Kier alpha value is -3.22. The molecule has 3 aromatic rings. The van der Waals surface area contributed by atoms with Crippen molar-refractivity contribution < 1.29 is 18.3 Å². The van der Waals surface area contributed by atoms with E-state index in [9.17, 15) is 8.78 Å². The highest BCUT2D eigenvalue weighted by Gasteiger charge is 2.10. The van der Waals surface area contributed by atoms with Gasteiger partial charge in [0.2, 0.25) is 0 Å². The molecule has 5 nitrogen and oxygen atoms in total. The molecular formula is C19H17F2N3O2. The zero-order chi connectivity index (χ0) is 18.4. The van der Waals surface area contributed by atoms with Gasteiger partial charge in [-0.1, -0.05) is 36.4 Å². The summed E-state index contributed by atoms with van der Waals surface area (Å²) < 4.78 is 38.3. The molecule has 0 saturated carbocycles. The molecule has 0 bridgehead atoms. The summed E-state index contributed by atoms with van der Waals surface area (Å²) in [4.78, 5) is 7.82. The van der Waals surface area contributed by atoms with E-state index in [4.69, 9.17) is 9.47 Å². The van der Waals surface area contributed by atoms with Gasteiger partial charge in [-0.05, 0) is 12.1 Å². The van der Waals surface area contributed by atoms with Gasteiger partial charge in [0.25, 0.3) is 0 Å². The van der Waals surface area contributed by atoms with Gasteiger partial charge < -0.3 is 14.8 Å². The van der Waals surface area contributed by atoms with Crippen LogP contribution in [0.1, 0.15) is 11.1 Å². The van der Waals surface area contributed by atoms with Crippen LogP contribution in [0.5, 0.6) is 11.8 Å². The number of benzene rings is 2. The van der Waals surface area contributed by atoms with E-state index in [-0.39, 0.29) is 30.8 Å². The highest BCUT2D eigenvalue weighted by atomic mass is 19.1. The molecule has 26 heavy (non-hydrogen) atoms. The van der Waals surface area contributed by atoms with Crippen molar-refractivity contribution >= 4 is 5.82 Å². The largest absolute Gasteiger partial charge is 0.496 e. The van der Waals surface area contributed by atoms with Crippen LogP contribution in [-0.4, -0.2) is 17.1 Å². The molecule has 0 aliphatic carbocycles. The van der Waals surface area contributed by atoms with E-state index < -0.39 is 5.82 Å². The number of nitrogens with zero attached hydrogens (tertiary/aromatic N) is 2. The fourth-order valence-corrected chi connectivity index (χ4v) is 2.33. The number of halogens is 2. The summed E-state index contributed by atoms with van der Waals surface area (Å²) in [6, 6.07) is 13.6. The Morgan fingerprint density at radius 3 is 2.46 bits per heavy atom. The van der Waals surface area contributed by atoms with E-state index in [1.54, 1.807) is 25.3 Å². The first-order valence-corrected chi connectivity index (χ1v) is 7.92. The molecule has 0 aliphatic rings. The number of rotatable bonds is 7. The second kappa shape index (κ2) is 8.24. The zero-order valence-electron chi connectivity index (χ0n) is 14.1. The second-order valence-corrected chi connectivity index (χ2v) is 5.39. The standard InChI is InChI=1S/C19H17F2N3O2/c1-25-17-9-5-3-7-14(17)12-26-19-23-11-16(21)18(24-19)22-10-13-6-2-4-8-15(13)20/h2-9,11H,10,12H2,1H3,(H,22,23,24). The van der Waals surface area contributed by atoms with E-state index in [2.05, 4.69) is 15.3 Å². The fourth-order valence-electron chi connectivity index (χ4n) is 2.33. The summed E-state index contributed by atoms with van der Waals surface area (Å²) >= 11 is 0. The second-order valence-electron chi connectivity index (χ2n) is 5.39. The Morgan fingerprint density at radius 1 is 0.962 bits per heavy atom. The van der Waals surface area contributed by atoms with Gasteiger partial charge in [0, 0.05) is 17.7 Å². The third-order valence-electron chi connectivity index (χ3n) is 3.68. The van der Waals surface area contributed by atoms with Crippen LogP contribution in [-0.2, 0) is 13.2 Å². The van der Waals surface area contributed by atoms with Crippen LogP contribution in [0.2, 0.25) is 0 Å². The molecule has 0 unspecified atom stereocenters. The summed E-state index contributed by atoms with van der Waals surface area (Å²) in [6.45, 7) is 0.259. The number of para-hydroxylation sites is 1. The van der Waals surface area contributed by atoms with Crippen molar-refractivity contribution in [3.63, 3.8) is 0 Å². The van der Waals surface area contributed by atoms with E-state index in [0.717, 1.165) is 11.8 Å². The van der Waals surface area contributed by atoms with Crippen LogP contribution in [0, 0.1) is 11.6 Å². The molecule has 0 radical (unpaired) electrons. The zero-order valence-corrected chi connectivity index (χ0v) is 14.1. The van der Waals surface area contributed by atoms with Gasteiger partial charge in [0.15, 0.2) is 11.6 Å². The third kappa shape index (κ3) is 4.24. The fraction of sp³-hybridized carbons (Fsp3) is 0.158. The van der Waals surface area contributed by atoms with Crippen LogP contribution in [0.25, 0.3) is 0 Å². The molecule has 134 valence electrons. The minimum atomic E-state index is -0.647. The van der Waals surface area contributed by atoms with Crippen molar-refractivity contribution in [3.05, 3.63) is 77.5 Å². The van der Waals surface area contributed by atoms with E-state index >= 15 is 0 Å². The van der Waals surface area contributed by atoms with Gasteiger partial charge >= 0.3 is 6.01 Å². The lowest BCUT2D eigenvalue weighted by molar-refractivity contribution is 0.273. The first-order chi connectivity index (χ1) is 12.7. The van der Waals surface area contributed by atoms with E-state index in [1.165, 1.54) is 6.07 Å². The van der Waals surface area contributed by atoms with Crippen LogP contribution in [0.3, 0.4) is 0 Å². The van der Waals surface area contributed by atoms with Gasteiger partial charge in [-0.25, -0.2) is 13.8 Å². The molecule has 1 aromatic heterocycles. The molecule has 0 aliphatic heterocycles. The third-order valence-corrected chi connectivity index (χ3v) is 3.68. The van der Waals surface area contributed by atoms with E-state index in [1.807, 2.05) is 24.3 Å². The summed E-state index contributed by atoms with van der Waals surface area (Å²) in [7, 11) is 1.57. The highest BCUT2D eigenvalue weighted by molar-refractivity contribution is 5.38. The number of nitrogens with one attached hydrogen (secondary N) is 1. The maximum atomic E-state index is 13.9. The van der Waals surface area contributed by atoms with E-state index in [0.29, 0.717) is 11.3 Å². The lowest BCUT2D eigenvalue weighted by Gasteiger charge is -2.11. The Morgan fingerprint density at radius 2 is 1.69 bits per heavy atom. The van der Waals surface area contributed by atoms with Crippen molar-refractivity contribution in [2.75, 3.05) is 12.4 Å². The first kappa shape index (κ1) is 17.6. The van der Waals surface area contributed by atoms with Gasteiger partial charge in [0.05, 0.1) is 13.3 Å².